The summed E-state index contributed by atoms with van der Waals surface area (Å²) >= 11 is 6.47. The summed E-state index contributed by atoms with van der Waals surface area (Å²) in [5.74, 6) is 0.443. The number of benzene rings is 1. The predicted octanol–water partition coefficient (Wildman–Crippen LogP) is 1.83. The van der Waals surface area contributed by atoms with Crippen molar-refractivity contribution < 1.29 is 8.42 Å². The van der Waals surface area contributed by atoms with Crippen LogP contribution in [-0.4, -0.2) is 67.9 Å². The van der Waals surface area contributed by atoms with Crippen molar-refractivity contribution in [1.82, 2.24) is 19.2 Å². The summed E-state index contributed by atoms with van der Waals surface area (Å²) in [5, 5.41) is 0.177. The van der Waals surface area contributed by atoms with Gasteiger partial charge in [-0.25, -0.2) is 18.4 Å². The summed E-state index contributed by atoms with van der Waals surface area (Å²) in [6, 6.07) is 6.69. The van der Waals surface area contributed by atoms with Crippen LogP contribution < -0.4 is 4.90 Å². The third kappa shape index (κ3) is 3.62. The third-order valence-electron chi connectivity index (χ3n) is 4.24. The Labute approximate surface area is 152 Å². The summed E-state index contributed by atoms with van der Waals surface area (Å²) in [6.45, 7) is 2.32. The molecule has 0 spiro atoms. The Morgan fingerprint density at radius 1 is 1.08 bits per heavy atom. The van der Waals surface area contributed by atoms with E-state index in [1.165, 1.54) is 4.31 Å². The second kappa shape index (κ2) is 7.25. The Morgan fingerprint density at radius 2 is 1.72 bits per heavy atom. The molecule has 2 heterocycles. The van der Waals surface area contributed by atoms with Gasteiger partial charge in [0.05, 0.1) is 10.7 Å². The minimum atomic E-state index is -3.65. The van der Waals surface area contributed by atoms with Gasteiger partial charge in [-0.1, -0.05) is 17.7 Å². The maximum absolute atomic E-state index is 13.0. The Kier molecular flexibility index (Phi) is 5.24. The van der Waals surface area contributed by atoms with Crippen LogP contribution in [0, 0.1) is 0 Å². The van der Waals surface area contributed by atoms with Gasteiger partial charge >= 0.3 is 0 Å². The molecular formula is C16H20ClN5O2S. The van der Waals surface area contributed by atoms with Crippen LogP contribution in [0.3, 0.4) is 0 Å². The SMILES string of the molecule is CN1CCN(S(=O)(=O)c2cccc(N(C)c3ncccn3)c2Cl)CC1. The van der Waals surface area contributed by atoms with Gasteiger partial charge in [0.15, 0.2) is 0 Å². The van der Waals surface area contributed by atoms with Gasteiger partial charge in [0.2, 0.25) is 16.0 Å². The second-order valence-corrected chi connectivity index (χ2v) is 8.19. The Hall–Kier alpha value is -1.74. The highest BCUT2D eigenvalue weighted by molar-refractivity contribution is 7.89. The van der Waals surface area contributed by atoms with Crippen LogP contribution in [0.15, 0.2) is 41.6 Å². The van der Waals surface area contributed by atoms with E-state index in [4.69, 9.17) is 11.6 Å². The van der Waals surface area contributed by atoms with Crippen molar-refractivity contribution >= 4 is 33.3 Å². The lowest BCUT2D eigenvalue weighted by atomic mass is 10.3. The molecule has 0 aliphatic carbocycles. The first-order valence-corrected chi connectivity index (χ1v) is 9.71. The first kappa shape index (κ1) is 18.1. The van der Waals surface area contributed by atoms with Crippen molar-refractivity contribution in [3.05, 3.63) is 41.7 Å². The number of likely N-dealkylation sites (N-methyl/N-ethyl adjacent to an activating group) is 1. The number of aromatic nitrogens is 2. The van der Waals surface area contributed by atoms with E-state index in [9.17, 15) is 8.42 Å². The van der Waals surface area contributed by atoms with Crippen molar-refractivity contribution in [1.29, 1.82) is 0 Å². The molecule has 3 rings (SSSR count). The van der Waals surface area contributed by atoms with Crippen molar-refractivity contribution in [2.24, 2.45) is 0 Å². The number of nitrogens with zero attached hydrogens (tertiary/aromatic N) is 5. The average molecular weight is 382 g/mol. The number of halogens is 1. The number of sulfonamides is 1. The van der Waals surface area contributed by atoms with Crippen LogP contribution >= 0.6 is 11.6 Å². The molecule has 0 unspecified atom stereocenters. The standard InChI is InChI=1S/C16H20ClN5O2S/c1-20-9-11-22(12-10-20)25(23,24)14-6-3-5-13(15(14)17)21(2)16-18-7-4-8-19-16/h3-8H,9-12H2,1-2H3. The molecule has 1 aromatic heterocycles. The molecular weight excluding hydrogens is 362 g/mol. The average Bonchev–Trinajstić information content (AvgIpc) is 2.62. The summed E-state index contributed by atoms with van der Waals surface area (Å²) in [4.78, 5) is 12.2. The third-order valence-corrected chi connectivity index (χ3v) is 6.69. The highest BCUT2D eigenvalue weighted by Gasteiger charge is 2.30. The van der Waals surface area contributed by atoms with Gasteiger partial charge in [0.25, 0.3) is 0 Å². The molecule has 0 bridgehead atoms. The van der Waals surface area contributed by atoms with E-state index in [0.29, 0.717) is 37.8 Å². The number of rotatable bonds is 4. The van der Waals surface area contributed by atoms with E-state index in [1.807, 2.05) is 7.05 Å². The number of anilines is 2. The van der Waals surface area contributed by atoms with Crippen LogP contribution in [0.5, 0.6) is 0 Å². The number of piperazine rings is 1. The molecule has 1 aliphatic rings. The van der Waals surface area contributed by atoms with Crippen molar-refractivity contribution in [3.8, 4) is 0 Å². The second-order valence-electron chi connectivity index (χ2n) is 5.90. The van der Waals surface area contributed by atoms with E-state index in [-0.39, 0.29) is 9.92 Å². The zero-order chi connectivity index (χ0) is 18.0. The summed E-state index contributed by atoms with van der Waals surface area (Å²) in [5.41, 5.74) is 0.545. The summed E-state index contributed by atoms with van der Waals surface area (Å²) in [7, 11) is 0.0842. The molecule has 0 amide bonds. The maximum atomic E-state index is 13.0. The van der Waals surface area contributed by atoms with Gasteiger partial charge in [-0.2, -0.15) is 4.31 Å². The zero-order valence-corrected chi connectivity index (χ0v) is 15.7. The van der Waals surface area contributed by atoms with E-state index < -0.39 is 10.0 Å². The fraction of sp³-hybridized carbons (Fsp3) is 0.375. The first-order valence-electron chi connectivity index (χ1n) is 7.89. The van der Waals surface area contributed by atoms with Crippen LogP contribution in [0.2, 0.25) is 5.02 Å². The quantitative estimate of drug-likeness (QED) is 0.804. The molecule has 1 saturated heterocycles. The normalized spacial score (nSPS) is 16.8. The van der Waals surface area contributed by atoms with Crippen molar-refractivity contribution in [2.45, 2.75) is 4.90 Å². The van der Waals surface area contributed by atoms with Crippen molar-refractivity contribution in [2.75, 3.05) is 45.2 Å². The van der Waals surface area contributed by atoms with Crippen LogP contribution in [0.4, 0.5) is 11.6 Å². The Balaban J connectivity index is 1.96. The number of hydrogen-bond donors (Lipinski definition) is 0. The largest absolute Gasteiger partial charge is 0.312 e. The monoisotopic (exact) mass is 381 g/mol. The van der Waals surface area contributed by atoms with Gasteiger partial charge in [0, 0.05) is 45.6 Å². The Bertz CT molecular complexity index is 839. The van der Waals surface area contributed by atoms with Gasteiger partial charge in [-0.3, -0.25) is 0 Å². The van der Waals surface area contributed by atoms with E-state index in [0.717, 1.165) is 0 Å². The molecule has 1 aromatic carbocycles. The topological polar surface area (TPSA) is 69.6 Å². The molecule has 0 N–H and O–H groups in total. The zero-order valence-electron chi connectivity index (χ0n) is 14.1. The lowest BCUT2D eigenvalue weighted by Crippen LogP contribution is -2.47. The minimum absolute atomic E-state index is 0.110. The molecule has 134 valence electrons. The first-order chi connectivity index (χ1) is 11.9. The van der Waals surface area contributed by atoms with Gasteiger partial charge in [0.1, 0.15) is 4.90 Å². The van der Waals surface area contributed by atoms with Crippen molar-refractivity contribution in [3.63, 3.8) is 0 Å². The fourth-order valence-electron chi connectivity index (χ4n) is 2.70. The molecule has 2 aromatic rings. The van der Waals surface area contributed by atoms with E-state index >= 15 is 0 Å². The Morgan fingerprint density at radius 3 is 2.36 bits per heavy atom. The smallest absolute Gasteiger partial charge is 0.244 e. The molecule has 1 aliphatic heterocycles. The van der Waals surface area contributed by atoms with Crippen LogP contribution in [0.25, 0.3) is 0 Å². The molecule has 7 nitrogen and oxygen atoms in total. The fourth-order valence-corrected chi connectivity index (χ4v) is 4.75. The van der Waals surface area contributed by atoms with Crippen LogP contribution in [-0.2, 0) is 10.0 Å². The molecule has 9 heteroatoms. The van der Waals surface area contributed by atoms with Crippen LogP contribution in [0.1, 0.15) is 0 Å². The predicted molar refractivity (Wildman–Crippen MR) is 97.8 cm³/mol. The highest BCUT2D eigenvalue weighted by Crippen LogP contribution is 2.35. The molecule has 25 heavy (non-hydrogen) atoms. The summed E-state index contributed by atoms with van der Waals surface area (Å²) < 4.78 is 27.5. The van der Waals surface area contributed by atoms with Gasteiger partial charge in [-0.15, -0.1) is 0 Å². The lowest BCUT2D eigenvalue weighted by Gasteiger charge is -2.32. The van der Waals surface area contributed by atoms with Gasteiger partial charge in [-0.05, 0) is 25.2 Å². The molecule has 0 radical (unpaired) electrons. The maximum Gasteiger partial charge on any atom is 0.244 e. The molecule has 1 fully saturated rings. The lowest BCUT2D eigenvalue weighted by molar-refractivity contribution is 0.222. The van der Waals surface area contributed by atoms with E-state index in [1.54, 1.807) is 48.6 Å². The number of hydrogen-bond acceptors (Lipinski definition) is 6. The highest BCUT2D eigenvalue weighted by atomic mass is 35.5. The van der Waals surface area contributed by atoms with Gasteiger partial charge < -0.3 is 9.80 Å². The minimum Gasteiger partial charge on any atom is -0.312 e. The van der Waals surface area contributed by atoms with E-state index in [2.05, 4.69) is 14.9 Å². The molecule has 0 atom stereocenters. The summed E-state index contributed by atoms with van der Waals surface area (Å²) in [6.07, 6.45) is 3.25. The molecule has 0 saturated carbocycles.